The van der Waals surface area contributed by atoms with Gasteiger partial charge in [-0.2, -0.15) is 0 Å². The zero-order valence-electron chi connectivity index (χ0n) is 18.7. The normalized spacial score (nSPS) is 9.88. The van der Waals surface area contributed by atoms with E-state index >= 15 is 0 Å². The van der Waals surface area contributed by atoms with Crippen LogP contribution in [0.2, 0.25) is 0 Å². The monoisotopic (exact) mass is 500 g/mol. The van der Waals surface area contributed by atoms with Gasteiger partial charge < -0.3 is 0 Å². The van der Waals surface area contributed by atoms with Crippen molar-refractivity contribution in [2.75, 3.05) is 12.3 Å². The van der Waals surface area contributed by atoms with Crippen molar-refractivity contribution in [2.24, 2.45) is 0 Å². The Kier molecular flexibility index (Phi) is 14.2. The first-order valence-electron chi connectivity index (χ1n) is 10.6. The molecule has 0 amide bonds. The third-order valence-corrected chi connectivity index (χ3v) is 9.85. The summed E-state index contributed by atoms with van der Waals surface area (Å²) >= 11 is 0. The minimum atomic E-state index is -0.149. The highest BCUT2D eigenvalue weighted by molar-refractivity contribution is 7.73. The van der Waals surface area contributed by atoms with Gasteiger partial charge in [-0.15, -0.1) is 24.8 Å². The molecule has 4 rings (SSSR count). The molecule has 0 heterocycles. The van der Waals surface area contributed by atoms with Crippen LogP contribution in [0, 0.1) is 0 Å². The number of benzene rings is 4. The van der Waals surface area contributed by atoms with Crippen molar-refractivity contribution >= 4 is 61.9 Å². The van der Waals surface area contributed by atoms with Crippen molar-refractivity contribution in [3.8, 4) is 0 Å². The van der Waals surface area contributed by atoms with Gasteiger partial charge in [0.2, 0.25) is 0 Å². The van der Waals surface area contributed by atoms with Crippen molar-refractivity contribution in [1.29, 1.82) is 0 Å². The average Bonchev–Trinajstić information content (AvgIpc) is 2.83. The topological polar surface area (TPSA) is 0 Å². The molecule has 0 unspecified atom stereocenters. The molecule has 0 saturated heterocycles. The first-order chi connectivity index (χ1) is 14.8. The van der Waals surface area contributed by atoms with Gasteiger partial charge in [-0.1, -0.05) is 135 Å². The molecule has 4 aromatic carbocycles. The van der Waals surface area contributed by atoms with Crippen LogP contribution in [0.25, 0.3) is 0 Å². The molecule has 0 spiro atoms. The van der Waals surface area contributed by atoms with Gasteiger partial charge in [-0.05, 0) is 49.4 Å². The zero-order valence-corrected chi connectivity index (χ0v) is 22.1. The standard InChI is InChI=1S/2C14H15P.2ClH/c2*1-2-15(13-9-5-3-6-10-13)14-11-7-4-8-12-14;;/h2*3-12H,2H2,1H3;2*1H. The fourth-order valence-electron chi connectivity index (χ4n) is 3.46. The molecule has 168 valence electrons. The molecule has 32 heavy (non-hydrogen) atoms. The molecule has 0 radical (unpaired) electrons. The van der Waals surface area contributed by atoms with Crippen molar-refractivity contribution in [2.45, 2.75) is 13.8 Å². The summed E-state index contributed by atoms with van der Waals surface area (Å²) in [5, 5.41) is 5.89. The van der Waals surface area contributed by atoms with Gasteiger partial charge in [0.1, 0.15) is 0 Å². The van der Waals surface area contributed by atoms with Gasteiger partial charge in [-0.3, -0.25) is 0 Å². The second kappa shape index (κ2) is 16.0. The second-order valence-corrected chi connectivity index (χ2v) is 11.9. The fraction of sp³-hybridized carbons (Fsp3) is 0.143. The predicted octanol–water partition coefficient (Wildman–Crippen LogP) is 7.12. The third kappa shape index (κ3) is 8.35. The first-order valence-corrected chi connectivity index (χ1v) is 13.6. The zero-order chi connectivity index (χ0) is 21.0. The molecular weight excluding hydrogens is 469 g/mol. The summed E-state index contributed by atoms with van der Waals surface area (Å²) in [5.41, 5.74) is 0. The number of hydrogen-bond donors (Lipinski definition) is 0. The van der Waals surface area contributed by atoms with Crippen LogP contribution in [-0.2, 0) is 0 Å². The molecule has 0 aliphatic carbocycles. The summed E-state index contributed by atoms with van der Waals surface area (Å²) in [5.74, 6) is 0. The first kappa shape index (κ1) is 28.4. The van der Waals surface area contributed by atoms with Crippen LogP contribution in [0.5, 0.6) is 0 Å². The third-order valence-electron chi connectivity index (χ3n) is 4.90. The van der Waals surface area contributed by atoms with E-state index < -0.39 is 0 Å². The Morgan fingerprint density at radius 1 is 0.375 bits per heavy atom. The average molecular weight is 501 g/mol. The van der Waals surface area contributed by atoms with Crippen LogP contribution < -0.4 is 21.2 Å². The van der Waals surface area contributed by atoms with Crippen molar-refractivity contribution < 1.29 is 0 Å². The maximum absolute atomic E-state index is 2.27. The Balaban J connectivity index is 0.000000301. The summed E-state index contributed by atoms with van der Waals surface area (Å²) in [6.07, 6.45) is 2.42. The van der Waals surface area contributed by atoms with Gasteiger partial charge in [0, 0.05) is 0 Å². The highest BCUT2D eigenvalue weighted by atomic mass is 35.5. The highest BCUT2D eigenvalue weighted by Gasteiger charge is 2.10. The molecule has 0 fully saturated rings. The van der Waals surface area contributed by atoms with E-state index in [9.17, 15) is 0 Å². The van der Waals surface area contributed by atoms with Crippen LogP contribution >= 0.6 is 40.7 Å². The molecule has 0 aromatic heterocycles. The van der Waals surface area contributed by atoms with E-state index in [0.717, 1.165) is 0 Å². The summed E-state index contributed by atoms with van der Waals surface area (Å²) in [7, 11) is -0.297. The minimum Gasteiger partial charge on any atom is -0.147 e. The smallest absolute Gasteiger partial charge is 0.0195 e. The van der Waals surface area contributed by atoms with Crippen LogP contribution in [0.15, 0.2) is 121 Å². The Morgan fingerprint density at radius 2 is 0.562 bits per heavy atom. The molecular formula is C28H32Cl2P2. The van der Waals surface area contributed by atoms with Crippen molar-refractivity contribution in [3.05, 3.63) is 121 Å². The van der Waals surface area contributed by atoms with E-state index in [1.807, 2.05) is 0 Å². The molecule has 0 aliphatic rings. The van der Waals surface area contributed by atoms with Gasteiger partial charge >= 0.3 is 0 Å². The molecule has 0 nitrogen and oxygen atoms in total. The molecule has 0 saturated carbocycles. The number of halogens is 2. The van der Waals surface area contributed by atoms with E-state index in [1.165, 1.54) is 33.5 Å². The summed E-state index contributed by atoms with van der Waals surface area (Å²) < 4.78 is 0. The number of hydrogen-bond acceptors (Lipinski definition) is 0. The van der Waals surface area contributed by atoms with E-state index in [-0.39, 0.29) is 40.7 Å². The molecule has 4 heteroatoms. The van der Waals surface area contributed by atoms with Crippen LogP contribution in [0.3, 0.4) is 0 Å². The van der Waals surface area contributed by atoms with Crippen LogP contribution in [0.1, 0.15) is 13.8 Å². The second-order valence-electron chi connectivity index (χ2n) is 6.83. The molecule has 0 bridgehead atoms. The quantitative estimate of drug-likeness (QED) is 0.247. The number of rotatable bonds is 6. The Morgan fingerprint density at radius 3 is 0.719 bits per heavy atom. The SMILES string of the molecule is CCP(c1ccccc1)c1ccccc1.CCP(c1ccccc1)c1ccccc1.Cl.Cl. The van der Waals surface area contributed by atoms with Crippen molar-refractivity contribution in [1.82, 2.24) is 0 Å². The van der Waals surface area contributed by atoms with Gasteiger partial charge in [-0.25, -0.2) is 0 Å². The lowest BCUT2D eigenvalue weighted by Crippen LogP contribution is -2.12. The maximum atomic E-state index is 2.27. The summed E-state index contributed by atoms with van der Waals surface area (Å²) in [6, 6.07) is 43.3. The lowest BCUT2D eigenvalue weighted by atomic mass is 10.4. The van der Waals surface area contributed by atoms with E-state index in [2.05, 4.69) is 135 Å². The van der Waals surface area contributed by atoms with E-state index in [4.69, 9.17) is 0 Å². The van der Waals surface area contributed by atoms with Gasteiger partial charge in [0.05, 0.1) is 0 Å². The lowest BCUT2D eigenvalue weighted by molar-refractivity contribution is 1.51. The Hall–Kier alpha value is -1.68. The lowest BCUT2D eigenvalue weighted by Gasteiger charge is -2.16. The fourth-order valence-corrected chi connectivity index (χ4v) is 7.65. The van der Waals surface area contributed by atoms with E-state index in [1.54, 1.807) is 0 Å². The summed E-state index contributed by atoms with van der Waals surface area (Å²) in [4.78, 5) is 0. The van der Waals surface area contributed by atoms with Gasteiger partial charge in [0.15, 0.2) is 0 Å². The summed E-state index contributed by atoms with van der Waals surface area (Å²) in [6.45, 7) is 4.54. The molecule has 0 N–H and O–H groups in total. The molecule has 0 atom stereocenters. The van der Waals surface area contributed by atoms with Crippen LogP contribution in [-0.4, -0.2) is 12.3 Å². The van der Waals surface area contributed by atoms with Gasteiger partial charge in [0.25, 0.3) is 0 Å². The Bertz CT molecular complexity index is 803. The minimum absolute atomic E-state index is 0. The highest BCUT2D eigenvalue weighted by Crippen LogP contribution is 2.33. The molecule has 4 aromatic rings. The largest absolute Gasteiger partial charge is 0.147 e. The predicted molar refractivity (Wildman–Crippen MR) is 154 cm³/mol. The maximum Gasteiger partial charge on any atom is -0.0195 e. The van der Waals surface area contributed by atoms with E-state index in [0.29, 0.717) is 0 Å². The molecule has 0 aliphatic heterocycles. The van der Waals surface area contributed by atoms with Crippen molar-refractivity contribution in [3.63, 3.8) is 0 Å². The Labute approximate surface area is 208 Å². The van der Waals surface area contributed by atoms with Crippen LogP contribution in [0.4, 0.5) is 0 Å².